The van der Waals surface area contributed by atoms with Crippen LogP contribution >= 0.6 is 11.6 Å². The molecule has 13 heavy (non-hydrogen) atoms. The summed E-state index contributed by atoms with van der Waals surface area (Å²) in [5.41, 5.74) is 0.527. The zero-order valence-corrected chi connectivity index (χ0v) is 9.53. The quantitative estimate of drug-likeness (QED) is 0.552. The first-order chi connectivity index (χ1) is 5.75. The van der Waals surface area contributed by atoms with Gasteiger partial charge in [0.2, 0.25) is 5.91 Å². The van der Waals surface area contributed by atoms with Gasteiger partial charge in [-0.3, -0.25) is 4.79 Å². The van der Waals surface area contributed by atoms with Gasteiger partial charge in [-0.1, -0.05) is 13.5 Å². The molecule has 0 fully saturated rings. The average Bonchev–Trinajstić information content (AvgIpc) is 1.97. The lowest BCUT2D eigenvalue weighted by Gasteiger charge is -2.24. The van der Waals surface area contributed by atoms with Crippen molar-refractivity contribution in [2.45, 2.75) is 32.6 Å². The monoisotopic (exact) mass is 203 g/mol. The van der Waals surface area contributed by atoms with Crippen LogP contribution in [0.1, 0.15) is 27.7 Å². The molecule has 0 bridgehead atoms. The Morgan fingerprint density at radius 2 is 2.08 bits per heavy atom. The molecule has 76 valence electrons. The first-order valence-electron chi connectivity index (χ1n) is 4.37. The molecule has 1 atom stereocenters. The van der Waals surface area contributed by atoms with Crippen molar-refractivity contribution in [2.24, 2.45) is 5.92 Å². The lowest BCUT2D eigenvalue weighted by Crippen LogP contribution is -2.35. The highest BCUT2D eigenvalue weighted by atomic mass is 35.5. The van der Waals surface area contributed by atoms with E-state index in [1.807, 2.05) is 20.8 Å². The number of rotatable bonds is 4. The molecule has 1 N–H and O–H groups in total. The maximum atomic E-state index is 11.1. The van der Waals surface area contributed by atoms with Crippen LogP contribution in [0.3, 0.4) is 0 Å². The van der Waals surface area contributed by atoms with E-state index < -0.39 is 0 Å². The molecule has 2 nitrogen and oxygen atoms in total. The van der Waals surface area contributed by atoms with Crippen molar-refractivity contribution in [3.8, 4) is 0 Å². The highest BCUT2D eigenvalue weighted by Gasteiger charge is 2.22. The molecule has 0 aliphatic heterocycles. The van der Waals surface area contributed by atoms with Crippen molar-refractivity contribution in [2.75, 3.05) is 6.54 Å². The summed E-state index contributed by atoms with van der Waals surface area (Å²) in [4.78, 5) is 10.8. The van der Waals surface area contributed by atoms with Gasteiger partial charge in [-0.05, 0) is 26.7 Å². The largest absolute Gasteiger partial charge is 0.352 e. The Labute approximate surface area is 85.3 Å². The lowest BCUT2D eigenvalue weighted by atomic mass is 9.97. The fraction of sp³-hybridized carbons (Fsp3) is 0.700. The topological polar surface area (TPSA) is 29.1 Å². The van der Waals surface area contributed by atoms with E-state index in [-0.39, 0.29) is 16.7 Å². The van der Waals surface area contributed by atoms with Crippen LogP contribution in [0.5, 0.6) is 0 Å². The molecule has 0 spiro atoms. The number of carbonyl (C=O) groups excluding carboxylic acids is 1. The van der Waals surface area contributed by atoms with Crippen LogP contribution < -0.4 is 5.32 Å². The van der Waals surface area contributed by atoms with Gasteiger partial charge in [0, 0.05) is 17.0 Å². The Kier molecular flexibility index (Phi) is 4.48. The molecule has 3 heteroatoms. The van der Waals surface area contributed by atoms with Crippen LogP contribution in [-0.4, -0.2) is 17.3 Å². The third kappa shape index (κ3) is 4.94. The normalized spacial score (nSPS) is 13.6. The van der Waals surface area contributed by atoms with Gasteiger partial charge in [0.25, 0.3) is 0 Å². The smallest absolute Gasteiger partial charge is 0.246 e. The molecule has 0 saturated carbocycles. The van der Waals surface area contributed by atoms with Crippen molar-refractivity contribution in [3.63, 3.8) is 0 Å². The molecule has 0 aromatic rings. The molecule has 0 saturated heterocycles. The van der Waals surface area contributed by atoms with E-state index in [2.05, 4.69) is 11.9 Å². The molecule has 0 aromatic carbocycles. The number of halogens is 1. The molecule has 1 unspecified atom stereocenters. The molecule has 0 aromatic heterocycles. The molecule has 0 rings (SSSR count). The van der Waals surface area contributed by atoms with E-state index >= 15 is 0 Å². The van der Waals surface area contributed by atoms with E-state index in [0.717, 1.165) is 0 Å². The van der Waals surface area contributed by atoms with E-state index in [1.165, 1.54) is 0 Å². The van der Waals surface area contributed by atoms with Gasteiger partial charge in [0.05, 0.1) is 0 Å². The van der Waals surface area contributed by atoms with Crippen LogP contribution in [-0.2, 0) is 4.79 Å². The van der Waals surface area contributed by atoms with Gasteiger partial charge >= 0.3 is 0 Å². The maximum Gasteiger partial charge on any atom is 0.246 e. The van der Waals surface area contributed by atoms with E-state index in [9.17, 15) is 4.79 Å². The fourth-order valence-electron chi connectivity index (χ4n) is 0.639. The zero-order chi connectivity index (χ0) is 10.6. The summed E-state index contributed by atoms with van der Waals surface area (Å²) in [5, 5.41) is 2.77. The Morgan fingerprint density at radius 1 is 1.62 bits per heavy atom. The van der Waals surface area contributed by atoms with Crippen LogP contribution in [0.2, 0.25) is 0 Å². The average molecular weight is 204 g/mol. The predicted molar refractivity (Wildman–Crippen MR) is 56.9 cm³/mol. The summed E-state index contributed by atoms with van der Waals surface area (Å²) in [5.74, 6) is 0.130. The second-order valence-corrected chi connectivity index (χ2v) is 4.93. The minimum Gasteiger partial charge on any atom is -0.352 e. The number of carbonyl (C=O) groups is 1. The summed E-state index contributed by atoms with van der Waals surface area (Å²) in [6, 6.07) is 0. The molecule has 0 heterocycles. The minimum atomic E-state index is -0.289. The minimum absolute atomic E-state index is 0.104. The van der Waals surface area contributed by atoms with Crippen LogP contribution in [0, 0.1) is 5.92 Å². The second-order valence-electron chi connectivity index (χ2n) is 3.96. The number of hydrogen-bond acceptors (Lipinski definition) is 1. The van der Waals surface area contributed by atoms with Crippen molar-refractivity contribution < 1.29 is 4.79 Å². The van der Waals surface area contributed by atoms with Crippen molar-refractivity contribution in [3.05, 3.63) is 12.2 Å². The number of amides is 1. The van der Waals surface area contributed by atoms with Crippen LogP contribution in [0.15, 0.2) is 12.2 Å². The fourth-order valence-corrected chi connectivity index (χ4v) is 0.717. The predicted octanol–water partition coefficient (Wildman–Crippen LogP) is 2.33. The standard InChI is InChI=1S/C10H18ClNO/c1-7(2)9(13)12-6-8(3)10(4,5)11/h8H,1,6H2,2-5H3,(H,12,13). The van der Waals surface area contributed by atoms with E-state index in [1.54, 1.807) is 6.92 Å². The second kappa shape index (κ2) is 4.66. The van der Waals surface area contributed by atoms with Crippen LogP contribution in [0.4, 0.5) is 0 Å². The Morgan fingerprint density at radius 3 is 2.38 bits per heavy atom. The highest BCUT2D eigenvalue weighted by molar-refractivity contribution is 6.23. The molecule has 0 aliphatic carbocycles. The van der Waals surface area contributed by atoms with Crippen molar-refractivity contribution in [1.29, 1.82) is 0 Å². The van der Waals surface area contributed by atoms with Gasteiger partial charge < -0.3 is 5.32 Å². The zero-order valence-electron chi connectivity index (χ0n) is 8.78. The van der Waals surface area contributed by atoms with Gasteiger partial charge in [0.1, 0.15) is 0 Å². The number of hydrogen-bond donors (Lipinski definition) is 1. The summed E-state index contributed by atoms with van der Waals surface area (Å²) in [6.07, 6.45) is 0. The summed E-state index contributed by atoms with van der Waals surface area (Å²) in [7, 11) is 0. The van der Waals surface area contributed by atoms with Crippen molar-refractivity contribution in [1.82, 2.24) is 5.32 Å². The first kappa shape index (κ1) is 12.5. The Bertz CT molecular complexity index is 205. The van der Waals surface area contributed by atoms with Gasteiger partial charge in [-0.25, -0.2) is 0 Å². The highest BCUT2D eigenvalue weighted by Crippen LogP contribution is 2.23. The third-order valence-electron chi connectivity index (χ3n) is 2.13. The first-order valence-corrected chi connectivity index (χ1v) is 4.75. The van der Waals surface area contributed by atoms with E-state index in [4.69, 9.17) is 11.6 Å². The maximum absolute atomic E-state index is 11.1. The van der Waals surface area contributed by atoms with Crippen LogP contribution in [0.25, 0.3) is 0 Å². The Balaban J connectivity index is 3.91. The molecule has 1 amide bonds. The number of nitrogens with one attached hydrogen (secondary N) is 1. The van der Waals surface area contributed by atoms with Gasteiger partial charge in [0.15, 0.2) is 0 Å². The third-order valence-corrected chi connectivity index (χ3v) is 2.50. The van der Waals surface area contributed by atoms with Gasteiger partial charge in [-0.15, -0.1) is 11.6 Å². The summed E-state index contributed by atoms with van der Waals surface area (Å²) in [6.45, 7) is 11.7. The number of alkyl halides is 1. The molecule has 0 radical (unpaired) electrons. The SMILES string of the molecule is C=C(C)C(=O)NCC(C)C(C)(C)Cl. The molecular formula is C10H18ClNO. The van der Waals surface area contributed by atoms with Gasteiger partial charge in [-0.2, -0.15) is 0 Å². The van der Waals surface area contributed by atoms with Crippen molar-refractivity contribution >= 4 is 17.5 Å². The summed E-state index contributed by atoms with van der Waals surface area (Å²) >= 11 is 6.07. The lowest BCUT2D eigenvalue weighted by molar-refractivity contribution is -0.117. The van der Waals surface area contributed by atoms with E-state index in [0.29, 0.717) is 12.1 Å². The molecular weight excluding hydrogens is 186 g/mol. The molecule has 0 aliphatic rings. The Hall–Kier alpha value is -0.500. The summed E-state index contributed by atoms with van der Waals surface area (Å²) < 4.78 is 0.